The van der Waals surface area contributed by atoms with Gasteiger partial charge in [0.1, 0.15) is 11.5 Å². The summed E-state index contributed by atoms with van der Waals surface area (Å²) in [5, 5.41) is 14.6. The summed E-state index contributed by atoms with van der Waals surface area (Å²) in [7, 11) is 3.04. The zero-order valence-corrected chi connectivity index (χ0v) is 22.9. The number of hydrogen-bond acceptors (Lipinski definition) is 6. The van der Waals surface area contributed by atoms with E-state index in [1.165, 1.54) is 11.7 Å². The standard InChI is InChI=1S/C25H30IN3O7/c1-6-16(20(7-2)35-5)14-29-13-15(3)23(36-26)22(24(29)32)28-25(33)27-19(12-21(30)31)17-9-8-10-18(11-17)34-4/h6-11,13,19H,12,14H2,1-5H3,(H,30,31)(H2,27,28,33)/b16-6-,20-7+/t19-/m0/s1. The van der Waals surface area contributed by atoms with E-state index in [9.17, 15) is 19.5 Å². The second kappa shape index (κ2) is 13.6. The molecule has 2 amide bonds. The van der Waals surface area contributed by atoms with E-state index in [4.69, 9.17) is 12.5 Å². The first-order chi connectivity index (χ1) is 17.2. The Labute approximate surface area is 223 Å². The number of hydrogen-bond donors (Lipinski definition) is 3. The number of aryl methyl sites for hydroxylation is 1. The summed E-state index contributed by atoms with van der Waals surface area (Å²) in [4.78, 5) is 37.8. The molecule has 0 saturated heterocycles. The Bertz CT molecular complexity index is 1220. The van der Waals surface area contributed by atoms with E-state index < -0.39 is 23.6 Å². The Kier molecular flexibility index (Phi) is 10.8. The minimum atomic E-state index is -1.10. The highest BCUT2D eigenvalue weighted by atomic mass is 127. The summed E-state index contributed by atoms with van der Waals surface area (Å²) in [6, 6.07) is 5.10. The van der Waals surface area contributed by atoms with Crippen molar-refractivity contribution >= 4 is 40.7 Å². The lowest BCUT2D eigenvalue weighted by molar-refractivity contribution is -0.137. The number of urea groups is 1. The Morgan fingerprint density at radius 2 is 1.94 bits per heavy atom. The molecule has 11 heteroatoms. The highest BCUT2D eigenvalue weighted by Gasteiger charge is 2.22. The van der Waals surface area contributed by atoms with Crippen molar-refractivity contribution in [3.8, 4) is 11.5 Å². The third-order valence-electron chi connectivity index (χ3n) is 5.39. The van der Waals surface area contributed by atoms with Crippen LogP contribution < -0.4 is 24.0 Å². The van der Waals surface area contributed by atoms with Crippen LogP contribution in [0.3, 0.4) is 0 Å². The van der Waals surface area contributed by atoms with Crippen LogP contribution in [-0.4, -0.2) is 35.9 Å². The fourth-order valence-electron chi connectivity index (χ4n) is 3.64. The Balaban J connectivity index is 2.41. The lowest BCUT2D eigenvalue weighted by Gasteiger charge is -2.20. The second-order valence-corrected chi connectivity index (χ2v) is 8.16. The number of carboxylic acids is 1. The molecule has 0 bridgehead atoms. The number of carbonyl (C=O) groups is 2. The number of anilines is 1. The van der Waals surface area contributed by atoms with Crippen molar-refractivity contribution in [1.29, 1.82) is 0 Å². The molecule has 0 radical (unpaired) electrons. The van der Waals surface area contributed by atoms with Gasteiger partial charge in [-0.15, -0.1) is 0 Å². The molecule has 0 aliphatic carbocycles. The zero-order chi connectivity index (χ0) is 26.8. The van der Waals surface area contributed by atoms with Crippen molar-refractivity contribution in [1.82, 2.24) is 9.88 Å². The molecule has 0 aliphatic heterocycles. The van der Waals surface area contributed by atoms with Crippen LogP contribution in [0.25, 0.3) is 0 Å². The van der Waals surface area contributed by atoms with Gasteiger partial charge >= 0.3 is 12.0 Å². The fraction of sp³-hybridized carbons (Fsp3) is 0.320. The lowest BCUT2D eigenvalue weighted by atomic mass is 10.0. The van der Waals surface area contributed by atoms with E-state index in [0.717, 1.165) is 5.57 Å². The normalized spacial score (nSPS) is 12.5. The van der Waals surface area contributed by atoms with Crippen molar-refractivity contribution in [3.63, 3.8) is 0 Å². The van der Waals surface area contributed by atoms with Crippen LogP contribution >= 0.6 is 23.0 Å². The summed E-state index contributed by atoms with van der Waals surface area (Å²) in [5.41, 5.74) is 1.36. The molecule has 2 aromatic rings. The number of rotatable bonds is 11. The van der Waals surface area contributed by atoms with E-state index in [-0.39, 0.29) is 24.4 Å². The van der Waals surface area contributed by atoms with Crippen molar-refractivity contribution in [2.45, 2.75) is 39.8 Å². The highest BCUT2D eigenvalue weighted by molar-refractivity contribution is 14.1. The van der Waals surface area contributed by atoms with Gasteiger partial charge in [-0.2, -0.15) is 0 Å². The quantitative estimate of drug-likeness (QED) is 0.191. The van der Waals surface area contributed by atoms with Crippen LogP contribution in [0.15, 0.2) is 58.7 Å². The van der Waals surface area contributed by atoms with Crippen molar-refractivity contribution in [3.05, 3.63) is 75.4 Å². The molecule has 1 atom stereocenters. The summed E-state index contributed by atoms with van der Waals surface area (Å²) in [6.45, 7) is 5.62. The molecule has 194 valence electrons. The number of aliphatic carboxylic acids is 1. The number of halogens is 1. The molecule has 3 N–H and O–H groups in total. The fourth-order valence-corrected chi connectivity index (χ4v) is 4.21. The minimum absolute atomic E-state index is 0.0727. The lowest BCUT2D eigenvalue weighted by Crippen LogP contribution is -2.36. The van der Waals surface area contributed by atoms with E-state index in [1.54, 1.807) is 73.6 Å². The average molecular weight is 611 g/mol. The number of pyridine rings is 1. The van der Waals surface area contributed by atoms with Gasteiger partial charge < -0.3 is 32.8 Å². The van der Waals surface area contributed by atoms with Gasteiger partial charge in [0.2, 0.25) is 0 Å². The van der Waals surface area contributed by atoms with Crippen LogP contribution in [0.1, 0.15) is 37.4 Å². The van der Waals surface area contributed by atoms with Crippen molar-refractivity contribution in [2.75, 3.05) is 19.5 Å². The third kappa shape index (κ3) is 7.26. The van der Waals surface area contributed by atoms with Gasteiger partial charge in [0.05, 0.1) is 33.2 Å². The predicted octanol–water partition coefficient (Wildman–Crippen LogP) is 4.73. The molecule has 1 aromatic heterocycles. The van der Waals surface area contributed by atoms with E-state index in [0.29, 0.717) is 22.6 Å². The molecule has 1 aromatic carbocycles. The number of ether oxygens (including phenoxy) is 2. The summed E-state index contributed by atoms with van der Waals surface area (Å²) < 4.78 is 17.4. The minimum Gasteiger partial charge on any atom is -0.497 e. The van der Waals surface area contributed by atoms with Crippen LogP contribution in [0.5, 0.6) is 11.5 Å². The largest absolute Gasteiger partial charge is 0.497 e. The summed E-state index contributed by atoms with van der Waals surface area (Å²) in [5.74, 6) is 0.235. The van der Waals surface area contributed by atoms with Gasteiger partial charge in [-0.1, -0.05) is 18.2 Å². The number of allylic oxidation sites excluding steroid dienone is 3. The summed E-state index contributed by atoms with van der Waals surface area (Å²) in [6.07, 6.45) is 4.90. The smallest absolute Gasteiger partial charge is 0.319 e. The first kappa shape index (κ1) is 28.8. The molecular formula is C25H30IN3O7. The molecule has 10 nitrogen and oxygen atoms in total. The monoisotopic (exact) mass is 611 g/mol. The van der Waals surface area contributed by atoms with Gasteiger partial charge in [-0.3, -0.25) is 9.59 Å². The Morgan fingerprint density at radius 1 is 1.22 bits per heavy atom. The van der Waals surface area contributed by atoms with Gasteiger partial charge in [-0.25, -0.2) is 4.79 Å². The zero-order valence-electron chi connectivity index (χ0n) is 20.8. The number of nitrogens with zero attached hydrogens (tertiary/aromatic N) is 1. The molecule has 1 heterocycles. The number of nitrogens with one attached hydrogen (secondary N) is 2. The number of carbonyl (C=O) groups excluding carboxylic acids is 1. The van der Waals surface area contributed by atoms with Gasteiger partial charge in [-0.05, 0) is 44.5 Å². The number of benzene rings is 1. The number of amides is 2. The van der Waals surface area contributed by atoms with Crippen LogP contribution in [-0.2, 0) is 16.1 Å². The number of aromatic nitrogens is 1. The van der Waals surface area contributed by atoms with Gasteiger partial charge in [0.25, 0.3) is 5.56 Å². The molecule has 2 rings (SSSR count). The van der Waals surface area contributed by atoms with Crippen LogP contribution in [0.4, 0.5) is 10.5 Å². The topological polar surface area (TPSA) is 128 Å². The van der Waals surface area contributed by atoms with Gasteiger partial charge in [0, 0.05) is 17.3 Å². The van der Waals surface area contributed by atoms with Crippen molar-refractivity contribution < 1.29 is 27.2 Å². The first-order valence-corrected chi connectivity index (χ1v) is 11.9. The second-order valence-electron chi connectivity index (χ2n) is 7.72. The van der Waals surface area contributed by atoms with E-state index in [2.05, 4.69) is 10.6 Å². The van der Waals surface area contributed by atoms with Crippen LogP contribution in [0, 0.1) is 6.92 Å². The van der Waals surface area contributed by atoms with Crippen LogP contribution in [0.2, 0.25) is 0 Å². The maximum Gasteiger partial charge on any atom is 0.319 e. The maximum atomic E-state index is 13.3. The number of methoxy groups -OCH3 is 2. The molecular weight excluding hydrogens is 581 g/mol. The third-order valence-corrected chi connectivity index (χ3v) is 5.83. The molecule has 0 spiro atoms. The van der Waals surface area contributed by atoms with E-state index >= 15 is 0 Å². The summed E-state index contributed by atoms with van der Waals surface area (Å²) >= 11 is 1.64. The molecule has 0 fully saturated rings. The first-order valence-electron chi connectivity index (χ1n) is 11.0. The molecule has 0 unspecified atom stereocenters. The average Bonchev–Trinajstić information content (AvgIpc) is 2.86. The SMILES string of the molecule is C/C=C(Cn1cc(C)c(OI)c(NC(=O)N[C@@H](CC(=O)O)c2cccc(OC)c2)c1=O)\C(=C/C)OC. The van der Waals surface area contributed by atoms with Crippen molar-refractivity contribution in [2.24, 2.45) is 0 Å². The Hall–Kier alpha value is -3.48. The molecule has 36 heavy (non-hydrogen) atoms. The molecule has 0 saturated carbocycles. The predicted molar refractivity (Wildman–Crippen MR) is 145 cm³/mol. The Morgan fingerprint density at radius 3 is 2.50 bits per heavy atom. The highest BCUT2D eigenvalue weighted by Crippen LogP contribution is 2.28. The maximum absolute atomic E-state index is 13.3. The molecule has 0 aliphatic rings. The number of carboxylic acid groups (broad SMARTS) is 1. The van der Waals surface area contributed by atoms with Gasteiger partial charge in [0.15, 0.2) is 34.4 Å². The van der Waals surface area contributed by atoms with E-state index in [1.807, 2.05) is 19.9 Å².